The van der Waals surface area contributed by atoms with Gasteiger partial charge in [0.2, 0.25) is 0 Å². The van der Waals surface area contributed by atoms with Crippen LogP contribution in [0.5, 0.6) is 0 Å². The molecule has 2 aromatic carbocycles. The molecule has 0 aliphatic heterocycles. The molecule has 4 aromatic rings. The highest BCUT2D eigenvalue weighted by atomic mass is 35.5. The molecule has 35 heavy (non-hydrogen) atoms. The smallest absolute Gasteiger partial charge is 0.257 e. The summed E-state index contributed by atoms with van der Waals surface area (Å²) in [6, 6.07) is 20.3. The summed E-state index contributed by atoms with van der Waals surface area (Å²) < 4.78 is 0. The standard InChI is InChI=1S/C25H19Cl2N7O/c26-18-13-15(32-23(28)21-5-1-3-11-30-21)7-9-17(18)25(35)33-16-8-10-20(19(27)14-16)34-24(29)22-6-2-4-12-31-22/h1-14H,(H2,28,32)(H2,29,34)(H,33,35). The van der Waals surface area contributed by atoms with E-state index in [1.165, 1.54) is 0 Å². The molecule has 2 heterocycles. The van der Waals surface area contributed by atoms with Crippen molar-refractivity contribution in [1.82, 2.24) is 9.97 Å². The van der Waals surface area contributed by atoms with Crippen LogP contribution in [-0.2, 0) is 0 Å². The first-order valence-corrected chi connectivity index (χ1v) is 11.1. The summed E-state index contributed by atoms with van der Waals surface area (Å²) in [7, 11) is 0. The molecule has 0 bridgehead atoms. The van der Waals surface area contributed by atoms with E-state index in [-0.39, 0.29) is 22.3 Å². The first-order valence-electron chi connectivity index (χ1n) is 10.3. The number of anilines is 1. The number of benzene rings is 2. The Labute approximate surface area is 211 Å². The molecular formula is C25H19Cl2N7O. The third-order valence-corrected chi connectivity index (χ3v) is 5.36. The maximum Gasteiger partial charge on any atom is 0.257 e. The van der Waals surface area contributed by atoms with Gasteiger partial charge in [-0.25, -0.2) is 9.98 Å². The number of amidine groups is 2. The van der Waals surface area contributed by atoms with Crippen molar-refractivity contribution >= 4 is 57.8 Å². The molecular weight excluding hydrogens is 485 g/mol. The zero-order chi connectivity index (χ0) is 24.8. The molecule has 10 heteroatoms. The van der Waals surface area contributed by atoms with Gasteiger partial charge in [0.1, 0.15) is 23.1 Å². The average Bonchev–Trinajstić information content (AvgIpc) is 2.86. The molecule has 0 aliphatic rings. The van der Waals surface area contributed by atoms with Gasteiger partial charge in [0.05, 0.1) is 27.0 Å². The number of hydrogen-bond donors (Lipinski definition) is 3. The Bertz CT molecular complexity index is 1420. The summed E-state index contributed by atoms with van der Waals surface area (Å²) in [6.45, 7) is 0. The summed E-state index contributed by atoms with van der Waals surface area (Å²) >= 11 is 12.7. The van der Waals surface area contributed by atoms with Crippen molar-refractivity contribution in [3.63, 3.8) is 0 Å². The fourth-order valence-corrected chi connectivity index (χ4v) is 3.53. The molecule has 4 rings (SSSR count). The second-order valence-electron chi connectivity index (χ2n) is 7.21. The summed E-state index contributed by atoms with van der Waals surface area (Å²) in [4.78, 5) is 29.7. The third kappa shape index (κ3) is 6.00. The first kappa shape index (κ1) is 23.9. The number of nitrogens with one attached hydrogen (secondary N) is 1. The van der Waals surface area contributed by atoms with Crippen LogP contribution in [0.4, 0.5) is 17.1 Å². The number of pyridine rings is 2. The van der Waals surface area contributed by atoms with Crippen molar-refractivity contribution in [3.05, 3.63) is 112 Å². The predicted octanol–water partition coefficient (Wildman–Crippen LogP) is 5.11. The number of hydrogen-bond acceptors (Lipinski definition) is 5. The molecule has 0 radical (unpaired) electrons. The Morgan fingerprint density at radius 3 is 2.00 bits per heavy atom. The lowest BCUT2D eigenvalue weighted by Gasteiger charge is -2.09. The largest absolute Gasteiger partial charge is 0.382 e. The van der Waals surface area contributed by atoms with Gasteiger partial charge in [-0.05, 0) is 60.7 Å². The topological polar surface area (TPSA) is 132 Å². The van der Waals surface area contributed by atoms with E-state index in [1.54, 1.807) is 73.1 Å². The number of aliphatic imine (C=N–C) groups is 2. The number of nitrogens with zero attached hydrogens (tertiary/aromatic N) is 4. The van der Waals surface area contributed by atoms with Gasteiger partial charge in [0.15, 0.2) is 0 Å². The van der Waals surface area contributed by atoms with E-state index in [9.17, 15) is 4.79 Å². The number of carbonyl (C=O) groups excluding carboxylic acids is 1. The lowest BCUT2D eigenvalue weighted by molar-refractivity contribution is 0.102. The van der Waals surface area contributed by atoms with Crippen molar-refractivity contribution in [2.24, 2.45) is 21.5 Å². The van der Waals surface area contributed by atoms with Gasteiger partial charge in [0.25, 0.3) is 5.91 Å². The van der Waals surface area contributed by atoms with Gasteiger partial charge in [-0.3, -0.25) is 14.8 Å². The van der Waals surface area contributed by atoms with Gasteiger partial charge in [-0.2, -0.15) is 0 Å². The molecule has 0 saturated carbocycles. The molecule has 8 nitrogen and oxygen atoms in total. The number of nitrogens with two attached hydrogens (primary N) is 2. The second-order valence-corrected chi connectivity index (χ2v) is 8.02. The molecule has 0 fully saturated rings. The molecule has 0 saturated heterocycles. The number of carbonyl (C=O) groups is 1. The fraction of sp³-hybridized carbons (Fsp3) is 0. The van der Waals surface area contributed by atoms with Gasteiger partial charge < -0.3 is 16.8 Å². The number of rotatable bonds is 6. The van der Waals surface area contributed by atoms with Gasteiger partial charge in [-0.1, -0.05) is 35.3 Å². The highest BCUT2D eigenvalue weighted by molar-refractivity contribution is 6.35. The van der Waals surface area contributed by atoms with Crippen molar-refractivity contribution in [2.45, 2.75) is 0 Å². The van der Waals surface area contributed by atoms with Crippen molar-refractivity contribution in [1.29, 1.82) is 0 Å². The van der Waals surface area contributed by atoms with E-state index in [1.807, 2.05) is 12.1 Å². The van der Waals surface area contributed by atoms with Gasteiger partial charge >= 0.3 is 0 Å². The van der Waals surface area contributed by atoms with Crippen LogP contribution in [0.15, 0.2) is 95.2 Å². The van der Waals surface area contributed by atoms with E-state index in [4.69, 9.17) is 34.7 Å². The van der Waals surface area contributed by atoms with E-state index < -0.39 is 5.91 Å². The van der Waals surface area contributed by atoms with Crippen LogP contribution in [0, 0.1) is 0 Å². The minimum Gasteiger partial charge on any atom is -0.382 e. The van der Waals surface area contributed by atoms with Crippen LogP contribution in [-0.4, -0.2) is 27.5 Å². The van der Waals surface area contributed by atoms with Crippen LogP contribution < -0.4 is 16.8 Å². The summed E-state index contributed by atoms with van der Waals surface area (Å²) in [6.07, 6.45) is 3.25. The van der Waals surface area contributed by atoms with Crippen LogP contribution in [0.3, 0.4) is 0 Å². The minimum atomic E-state index is -0.413. The van der Waals surface area contributed by atoms with Gasteiger partial charge in [0, 0.05) is 18.1 Å². The van der Waals surface area contributed by atoms with E-state index >= 15 is 0 Å². The maximum absolute atomic E-state index is 12.8. The fourth-order valence-electron chi connectivity index (χ4n) is 3.04. The number of aromatic nitrogens is 2. The summed E-state index contributed by atoms with van der Waals surface area (Å²) in [5.74, 6) is 0.0472. The Morgan fingerprint density at radius 1 is 0.771 bits per heavy atom. The number of amides is 1. The third-order valence-electron chi connectivity index (χ3n) is 4.75. The predicted molar refractivity (Wildman–Crippen MR) is 140 cm³/mol. The Morgan fingerprint density at radius 2 is 1.43 bits per heavy atom. The van der Waals surface area contributed by atoms with Gasteiger partial charge in [-0.15, -0.1) is 0 Å². The molecule has 2 aromatic heterocycles. The molecule has 0 spiro atoms. The van der Waals surface area contributed by atoms with E-state index in [0.29, 0.717) is 33.5 Å². The molecule has 0 atom stereocenters. The van der Waals surface area contributed by atoms with Crippen LogP contribution >= 0.6 is 23.2 Å². The van der Waals surface area contributed by atoms with Crippen molar-refractivity contribution < 1.29 is 4.79 Å². The molecule has 1 amide bonds. The lowest BCUT2D eigenvalue weighted by atomic mass is 10.2. The quantitative estimate of drug-likeness (QED) is 0.248. The summed E-state index contributed by atoms with van der Waals surface area (Å²) in [5.41, 5.74) is 14.7. The lowest BCUT2D eigenvalue weighted by Crippen LogP contribution is -2.14. The summed E-state index contributed by atoms with van der Waals surface area (Å²) in [5, 5.41) is 3.29. The minimum absolute atomic E-state index is 0.216. The maximum atomic E-state index is 12.8. The zero-order valence-corrected chi connectivity index (χ0v) is 19.7. The highest BCUT2D eigenvalue weighted by Gasteiger charge is 2.13. The Kier molecular flexibility index (Phi) is 7.35. The van der Waals surface area contributed by atoms with Crippen molar-refractivity contribution in [2.75, 3.05) is 5.32 Å². The normalized spacial score (nSPS) is 11.8. The van der Waals surface area contributed by atoms with E-state index in [0.717, 1.165) is 0 Å². The number of halogens is 2. The Balaban J connectivity index is 1.48. The van der Waals surface area contributed by atoms with Crippen LogP contribution in [0.1, 0.15) is 21.7 Å². The molecule has 174 valence electrons. The Hall–Kier alpha value is -4.27. The van der Waals surface area contributed by atoms with Crippen LogP contribution in [0.25, 0.3) is 0 Å². The van der Waals surface area contributed by atoms with E-state index in [2.05, 4.69) is 25.3 Å². The highest BCUT2D eigenvalue weighted by Crippen LogP contribution is 2.29. The molecule has 5 N–H and O–H groups in total. The molecule has 0 aliphatic carbocycles. The van der Waals surface area contributed by atoms with Crippen LogP contribution in [0.2, 0.25) is 10.0 Å². The SMILES string of the molecule is NC(=Nc1ccc(C(=O)Nc2ccc(N=C(N)c3ccccn3)c(Cl)c2)c(Cl)c1)c1ccccn1. The molecule has 0 unspecified atom stereocenters. The zero-order valence-electron chi connectivity index (χ0n) is 18.2. The first-order chi connectivity index (χ1) is 16.9. The average molecular weight is 504 g/mol. The van der Waals surface area contributed by atoms with Crippen molar-refractivity contribution in [3.8, 4) is 0 Å². The monoisotopic (exact) mass is 503 g/mol. The second kappa shape index (κ2) is 10.8.